The van der Waals surface area contributed by atoms with Crippen molar-refractivity contribution >= 4 is 12.0 Å². The number of aliphatic carboxylic acids is 1. The van der Waals surface area contributed by atoms with Crippen molar-refractivity contribution in [3.8, 4) is 0 Å². The van der Waals surface area contributed by atoms with Crippen LogP contribution in [0.15, 0.2) is 0 Å². The molecule has 0 spiro atoms. The van der Waals surface area contributed by atoms with E-state index in [0.717, 1.165) is 19.3 Å². The average Bonchev–Trinajstić information content (AvgIpc) is 2.43. The minimum atomic E-state index is -1.10. The lowest BCUT2D eigenvalue weighted by Gasteiger charge is -2.36. The molecule has 0 aliphatic heterocycles. The van der Waals surface area contributed by atoms with Crippen molar-refractivity contribution in [1.29, 1.82) is 0 Å². The summed E-state index contributed by atoms with van der Waals surface area (Å²) in [6, 6.07) is -0.301. The van der Waals surface area contributed by atoms with Gasteiger partial charge in [-0.2, -0.15) is 0 Å². The molecule has 0 aromatic rings. The molecule has 0 heterocycles. The molecule has 1 fully saturated rings. The number of carboxylic acids is 1. The summed E-state index contributed by atoms with van der Waals surface area (Å²) in [5.74, 6) is -0.605. The highest BCUT2D eigenvalue weighted by Crippen LogP contribution is 2.28. The van der Waals surface area contributed by atoms with Crippen molar-refractivity contribution in [2.45, 2.75) is 51.5 Å². The number of carboxylic acid groups (broad SMARTS) is 1. The van der Waals surface area contributed by atoms with Crippen LogP contribution in [-0.2, 0) is 9.53 Å². The lowest BCUT2D eigenvalue weighted by Crippen LogP contribution is -2.59. The smallest absolute Gasteiger partial charge is 0.329 e. The fourth-order valence-electron chi connectivity index (χ4n) is 2.75. The maximum absolute atomic E-state index is 12.5. The van der Waals surface area contributed by atoms with E-state index in [-0.39, 0.29) is 6.03 Å². The van der Waals surface area contributed by atoms with Crippen molar-refractivity contribution in [1.82, 2.24) is 10.2 Å². The Morgan fingerprint density at radius 3 is 2.38 bits per heavy atom. The summed E-state index contributed by atoms with van der Waals surface area (Å²) in [5.41, 5.74) is -1.10. The van der Waals surface area contributed by atoms with Crippen molar-refractivity contribution in [3.63, 3.8) is 0 Å². The van der Waals surface area contributed by atoms with E-state index in [2.05, 4.69) is 5.32 Å². The lowest BCUT2D eigenvalue weighted by atomic mass is 9.82. The van der Waals surface area contributed by atoms with Crippen LogP contribution in [0.2, 0.25) is 0 Å². The number of urea groups is 1. The van der Waals surface area contributed by atoms with Gasteiger partial charge in [0.1, 0.15) is 5.54 Å². The first-order chi connectivity index (χ1) is 9.91. The number of carbonyl (C=O) groups is 2. The number of carbonyl (C=O) groups excluding carboxylic acids is 1. The van der Waals surface area contributed by atoms with Crippen molar-refractivity contribution in [3.05, 3.63) is 0 Å². The Kier molecular flexibility index (Phi) is 6.95. The van der Waals surface area contributed by atoms with Crippen LogP contribution in [0.5, 0.6) is 0 Å². The zero-order valence-electron chi connectivity index (χ0n) is 13.4. The molecular formula is C15H28N2O4. The Hall–Kier alpha value is -1.30. The van der Waals surface area contributed by atoms with Crippen molar-refractivity contribution in [2.75, 3.05) is 26.8 Å². The normalized spacial score (nSPS) is 17.5. The summed E-state index contributed by atoms with van der Waals surface area (Å²) in [7, 11) is 1.59. The van der Waals surface area contributed by atoms with E-state index in [9.17, 15) is 14.7 Å². The van der Waals surface area contributed by atoms with Crippen LogP contribution >= 0.6 is 0 Å². The maximum atomic E-state index is 12.5. The monoisotopic (exact) mass is 300 g/mol. The second kappa shape index (κ2) is 8.22. The number of methoxy groups -OCH3 is 1. The van der Waals surface area contributed by atoms with Gasteiger partial charge in [-0.05, 0) is 18.8 Å². The highest BCUT2D eigenvalue weighted by Gasteiger charge is 2.41. The molecule has 1 rings (SSSR count). The summed E-state index contributed by atoms with van der Waals surface area (Å²) in [6.07, 6.45) is 3.73. The Bertz CT molecular complexity index is 352. The zero-order valence-corrected chi connectivity index (χ0v) is 13.4. The average molecular weight is 300 g/mol. The van der Waals surface area contributed by atoms with Crippen molar-refractivity contribution < 1.29 is 19.4 Å². The first kappa shape index (κ1) is 17.8. The quantitative estimate of drug-likeness (QED) is 0.754. The summed E-state index contributed by atoms with van der Waals surface area (Å²) < 4.78 is 5.03. The van der Waals surface area contributed by atoms with Crippen LogP contribution < -0.4 is 5.32 Å². The molecule has 2 amide bonds. The van der Waals surface area contributed by atoms with Crippen LogP contribution in [0.4, 0.5) is 4.79 Å². The summed E-state index contributed by atoms with van der Waals surface area (Å²) in [4.78, 5) is 25.7. The van der Waals surface area contributed by atoms with E-state index in [1.54, 1.807) is 12.0 Å². The molecule has 0 unspecified atom stereocenters. The molecule has 6 nitrogen and oxygen atoms in total. The van der Waals surface area contributed by atoms with Gasteiger partial charge in [0, 0.05) is 20.2 Å². The van der Waals surface area contributed by atoms with E-state index >= 15 is 0 Å². The van der Waals surface area contributed by atoms with Gasteiger partial charge in [-0.25, -0.2) is 9.59 Å². The standard InChI is InChI=1S/C15H28N2O4/c1-12(2)11-17(9-10-21-3)14(20)16-15(13(18)19)7-5-4-6-8-15/h12H,4-11H2,1-3H3,(H,16,20)(H,18,19). The van der Waals surface area contributed by atoms with Crippen LogP contribution in [0.1, 0.15) is 46.0 Å². The zero-order chi connectivity index (χ0) is 15.9. The molecule has 2 N–H and O–H groups in total. The second-order valence-electron chi connectivity index (χ2n) is 6.21. The molecule has 21 heavy (non-hydrogen) atoms. The Morgan fingerprint density at radius 2 is 1.90 bits per heavy atom. The molecule has 1 aliphatic rings. The molecule has 0 bridgehead atoms. The summed E-state index contributed by atoms with van der Waals surface area (Å²) in [5, 5.41) is 12.3. The van der Waals surface area contributed by atoms with Gasteiger partial charge in [0.2, 0.25) is 0 Å². The Balaban J connectivity index is 2.74. The van der Waals surface area contributed by atoms with E-state index < -0.39 is 11.5 Å². The molecule has 1 saturated carbocycles. The molecule has 0 aromatic carbocycles. The Labute approximate surface area is 126 Å². The second-order valence-corrected chi connectivity index (χ2v) is 6.21. The molecule has 1 aliphatic carbocycles. The van der Waals surface area contributed by atoms with Crippen LogP contribution in [0, 0.1) is 5.92 Å². The third-order valence-electron chi connectivity index (χ3n) is 3.90. The van der Waals surface area contributed by atoms with Crippen LogP contribution in [0.3, 0.4) is 0 Å². The molecular weight excluding hydrogens is 272 g/mol. The molecule has 0 radical (unpaired) electrons. The number of nitrogens with zero attached hydrogens (tertiary/aromatic N) is 1. The minimum absolute atomic E-state index is 0.301. The van der Waals surface area contributed by atoms with E-state index in [1.165, 1.54) is 0 Å². The molecule has 0 aromatic heterocycles. The lowest BCUT2D eigenvalue weighted by molar-refractivity contribution is -0.146. The van der Waals surface area contributed by atoms with Gasteiger partial charge < -0.3 is 20.1 Å². The predicted molar refractivity (Wildman–Crippen MR) is 80.3 cm³/mol. The number of rotatable bonds is 7. The van der Waals surface area contributed by atoms with Gasteiger partial charge in [-0.1, -0.05) is 33.1 Å². The third-order valence-corrected chi connectivity index (χ3v) is 3.90. The maximum Gasteiger partial charge on any atom is 0.329 e. The SMILES string of the molecule is COCCN(CC(C)C)C(=O)NC1(C(=O)O)CCCCC1. The third kappa shape index (κ3) is 5.19. The first-order valence-electron chi connectivity index (χ1n) is 7.70. The van der Waals surface area contributed by atoms with Gasteiger partial charge >= 0.3 is 12.0 Å². The van der Waals surface area contributed by atoms with Crippen LogP contribution in [-0.4, -0.2) is 54.4 Å². The van der Waals surface area contributed by atoms with E-state index in [0.29, 0.717) is 38.5 Å². The predicted octanol–water partition coefficient (Wildman–Crippen LogP) is 2.09. The number of amides is 2. The number of nitrogens with one attached hydrogen (secondary N) is 1. The highest BCUT2D eigenvalue weighted by molar-refractivity contribution is 5.86. The topological polar surface area (TPSA) is 78.9 Å². The number of hydrogen-bond acceptors (Lipinski definition) is 3. The fraction of sp³-hybridized carbons (Fsp3) is 0.867. The largest absolute Gasteiger partial charge is 0.480 e. The minimum Gasteiger partial charge on any atom is -0.480 e. The summed E-state index contributed by atoms with van der Waals surface area (Å²) >= 11 is 0. The van der Waals surface area contributed by atoms with Crippen LogP contribution in [0.25, 0.3) is 0 Å². The molecule has 6 heteroatoms. The fourth-order valence-corrected chi connectivity index (χ4v) is 2.75. The van der Waals surface area contributed by atoms with E-state index in [1.807, 2.05) is 13.8 Å². The van der Waals surface area contributed by atoms with E-state index in [4.69, 9.17) is 4.74 Å². The Morgan fingerprint density at radius 1 is 1.29 bits per heavy atom. The van der Waals surface area contributed by atoms with Gasteiger partial charge in [0.25, 0.3) is 0 Å². The van der Waals surface area contributed by atoms with Gasteiger partial charge in [0.05, 0.1) is 6.61 Å². The van der Waals surface area contributed by atoms with Gasteiger partial charge in [-0.3, -0.25) is 0 Å². The number of ether oxygens (including phenoxy) is 1. The molecule has 0 saturated heterocycles. The molecule has 122 valence electrons. The van der Waals surface area contributed by atoms with Gasteiger partial charge in [0.15, 0.2) is 0 Å². The number of hydrogen-bond donors (Lipinski definition) is 2. The van der Waals surface area contributed by atoms with Crippen molar-refractivity contribution in [2.24, 2.45) is 5.92 Å². The van der Waals surface area contributed by atoms with Gasteiger partial charge in [-0.15, -0.1) is 0 Å². The molecule has 0 atom stereocenters. The highest BCUT2D eigenvalue weighted by atomic mass is 16.5. The first-order valence-corrected chi connectivity index (χ1v) is 7.70. The summed E-state index contributed by atoms with van der Waals surface area (Å²) in [6.45, 7) is 5.56.